The normalized spacial score (nSPS) is 19.3. The Kier molecular flexibility index (Phi) is 4.55. The zero-order valence-corrected chi connectivity index (χ0v) is 14.4. The van der Waals surface area contributed by atoms with Crippen LogP contribution >= 0.6 is 0 Å². The van der Waals surface area contributed by atoms with Crippen LogP contribution in [0.3, 0.4) is 0 Å². The van der Waals surface area contributed by atoms with E-state index < -0.39 is 0 Å². The van der Waals surface area contributed by atoms with Crippen LogP contribution in [0.4, 0.5) is 0 Å². The summed E-state index contributed by atoms with van der Waals surface area (Å²) in [5, 5.41) is 4.16. The molecule has 1 saturated carbocycles. The van der Waals surface area contributed by atoms with Gasteiger partial charge in [-0.1, -0.05) is 13.8 Å². The van der Waals surface area contributed by atoms with E-state index in [0.717, 1.165) is 17.9 Å². The van der Waals surface area contributed by atoms with E-state index in [1.54, 1.807) is 11.9 Å². The maximum Gasteiger partial charge on any atom is 0.274 e. The smallest absolute Gasteiger partial charge is 0.274 e. The standard InChI is InChI=1S/C18H23N3O3/c1-4-9-21-17(22)8-6-15(19-21)18(23)20(3)11-13-5-7-16(24-13)14-10-12(14)2/h5-8,12,14H,4,9-11H2,1-3H3/t12-,14-/m1/s1. The first-order valence-electron chi connectivity index (χ1n) is 8.41. The molecule has 0 aliphatic heterocycles. The second-order valence-electron chi connectivity index (χ2n) is 6.56. The van der Waals surface area contributed by atoms with Gasteiger partial charge in [0, 0.05) is 25.6 Å². The summed E-state index contributed by atoms with van der Waals surface area (Å²) < 4.78 is 7.18. The summed E-state index contributed by atoms with van der Waals surface area (Å²) in [6, 6.07) is 6.80. The highest BCUT2D eigenvalue weighted by Crippen LogP contribution is 2.47. The van der Waals surface area contributed by atoms with Gasteiger partial charge in [-0.25, -0.2) is 4.68 Å². The van der Waals surface area contributed by atoms with Crippen LogP contribution in [-0.2, 0) is 13.1 Å². The minimum Gasteiger partial charge on any atom is -0.464 e. The number of nitrogens with zero attached hydrogens (tertiary/aromatic N) is 3. The van der Waals surface area contributed by atoms with E-state index in [1.165, 1.54) is 23.2 Å². The van der Waals surface area contributed by atoms with Gasteiger partial charge in [0.05, 0.1) is 6.54 Å². The lowest BCUT2D eigenvalue weighted by atomic mass is 10.3. The average Bonchev–Trinajstić information content (AvgIpc) is 3.11. The summed E-state index contributed by atoms with van der Waals surface area (Å²) in [6.45, 7) is 5.06. The minimum absolute atomic E-state index is 0.190. The third-order valence-electron chi connectivity index (χ3n) is 4.42. The van der Waals surface area contributed by atoms with Crippen LogP contribution in [0, 0.1) is 5.92 Å². The van der Waals surface area contributed by atoms with Gasteiger partial charge in [0.1, 0.15) is 17.2 Å². The number of furan rings is 1. The number of hydrogen-bond acceptors (Lipinski definition) is 4. The van der Waals surface area contributed by atoms with Crippen LogP contribution in [0.2, 0.25) is 0 Å². The van der Waals surface area contributed by atoms with Gasteiger partial charge in [0.2, 0.25) is 0 Å². The maximum atomic E-state index is 12.5. The zero-order chi connectivity index (χ0) is 17.3. The lowest BCUT2D eigenvalue weighted by molar-refractivity contribution is 0.0766. The van der Waals surface area contributed by atoms with Crippen LogP contribution in [-0.4, -0.2) is 27.6 Å². The predicted molar refractivity (Wildman–Crippen MR) is 89.8 cm³/mol. The first-order valence-corrected chi connectivity index (χ1v) is 8.41. The van der Waals surface area contributed by atoms with Gasteiger partial charge in [0.15, 0.2) is 0 Å². The van der Waals surface area contributed by atoms with Crippen LogP contribution in [0.15, 0.2) is 33.5 Å². The number of rotatable bonds is 6. The van der Waals surface area contributed by atoms with Crippen molar-refractivity contribution in [2.24, 2.45) is 5.92 Å². The van der Waals surface area contributed by atoms with Crippen LogP contribution in [0.1, 0.15) is 54.6 Å². The highest BCUT2D eigenvalue weighted by atomic mass is 16.3. The van der Waals surface area contributed by atoms with Crippen molar-refractivity contribution in [3.63, 3.8) is 0 Å². The number of carbonyl (C=O) groups excluding carboxylic acids is 1. The van der Waals surface area contributed by atoms with Gasteiger partial charge >= 0.3 is 0 Å². The molecular weight excluding hydrogens is 306 g/mol. The minimum atomic E-state index is -0.224. The van der Waals surface area contributed by atoms with Crippen molar-refractivity contribution in [1.82, 2.24) is 14.7 Å². The molecule has 6 heteroatoms. The van der Waals surface area contributed by atoms with E-state index in [9.17, 15) is 9.59 Å². The Bertz CT molecular complexity index is 793. The van der Waals surface area contributed by atoms with Crippen molar-refractivity contribution in [3.05, 3.63) is 51.8 Å². The number of amides is 1. The van der Waals surface area contributed by atoms with E-state index in [1.807, 2.05) is 19.1 Å². The van der Waals surface area contributed by atoms with Crippen molar-refractivity contribution in [3.8, 4) is 0 Å². The Morgan fingerprint density at radius 3 is 2.79 bits per heavy atom. The second kappa shape index (κ2) is 6.63. The Morgan fingerprint density at radius 1 is 1.38 bits per heavy atom. The fourth-order valence-electron chi connectivity index (χ4n) is 2.83. The van der Waals surface area contributed by atoms with Gasteiger partial charge < -0.3 is 9.32 Å². The molecule has 2 atom stereocenters. The molecule has 1 amide bonds. The third kappa shape index (κ3) is 3.42. The van der Waals surface area contributed by atoms with Gasteiger partial charge in [-0.3, -0.25) is 9.59 Å². The first kappa shape index (κ1) is 16.5. The molecule has 128 valence electrons. The summed E-state index contributed by atoms with van der Waals surface area (Å²) >= 11 is 0. The molecule has 1 aliphatic rings. The molecule has 1 fully saturated rings. The Labute approximate surface area is 141 Å². The molecule has 0 bridgehead atoms. The third-order valence-corrected chi connectivity index (χ3v) is 4.42. The SMILES string of the molecule is CCCn1nc(C(=O)N(C)Cc2ccc([C@@H]3C[C@H]3C)o2)ccc1=O. The predicted octanol–water partition coefficient (Wildman–Crippen LogP) is 2.64. The fraction of sp³-hybridized carbons (Fsp3) is 0.500. The van der Waals surface area contributed by atoms with Crippen molar-refractivity contribution < 1.29 is 9.21 Å². The lowest BCUT2D eigenvalue weighted by Gasteiger charge is -2.15. The molecule has 0 saturated heterocycles. The molecule has 6 nitrogen and oxygen atoms in total. The summed E-state index contributed by atoms with van der Waals surface area (Å²) in [5.41, 5.74) is 0.0819. The summed E-state index contributed by atoms with van der Waals surface area (Å²) in [5.74, 6) is 2.76. The van der Waals surface area contributed by atoms with Crippen LogP contribution in [0.5, 0.6) is 0 Å². The van der Waals surface area contributed by atoms with Crippen molar-refractivity contribution in [2.45, 2.75) is 45.7 Å². The van der Waals surface area contributed by atoms with Crippen molar-refractivity contribution >= 4 is 5.91 Å². The number of aryl methyl sites for hydroxylation is 1. The van der Waals surface area contributed by atoms with Crippen molar-refractivity contribution in [1.29, 1.82) is 0 Å². The molecule has 0 aromatic carbocycles. The molecule has 3 rings (SSSR count). The van der Waals surface area contributed by atoms with Crippen LogP contribution < -0.4 is 5.56 Å². The average molecular weight is 329 g/mol. The molecule has 0 N–H and O–H groups in total. The molecule has 0 spiro atoms. The van der Waals surface area contributed by atoms with E-state index in [-0.39, 0.29) is 17.2 Å². The molecule has 2 aromatic heterocycles. The van der Waals surface area contributed by atoms with E-state index in [0.29, 0.717) is 24.9 Å². The number of hydrogen-bond donors (Lipinski definition) is 0. The molecule has 2 aromatic rings. The largest absolute Gasteiger partial charge is 0.464 e. The monoisotopic (exact) mass is 329 g/mol. The van der Waals surface area contributed by atoms with Gasteiger partial charge in [-0.15, -0.1) is 0 Å². The Hall–Kier alpha value is -2.37. The fourth-order valence-corrected chi connectivity index (χ4v) is 2.83. The van der Waals surface area contributed by atoms with Crippen LogP contribution in [0.25, 0.3) is 0 Å². The lowest BCUT2D eigenvalue weighted by Crippen LogP contribution is -2.30. The maximum absolute atomic E-state index is 12.5. The quantitative estimate of drug-likeness (QED) is 0.817. The molecule has 0 unspecified atom stereocenters. The number of aromatic nitrogens is 2. The Balaban J connectivity index is 1.69. The number of carbonyl (C=O) groups is 1. The van der Waals surface area contributed by atoms with E-state index in [2.05, 4.69) is 12.0 Å². The second-order valence-corrected chi connectivity index (χ2v) is 6.56. The van der Waals surface area contributed by atoms with E-state index in [4.69, 9.17) is 4.42 Å². The summed E-state index contributed by atoms with van der Waals surface area (Å²) in [7, 11) is 1.71. The van der Waals surface area contributed by atoms with Crippen molar-refractivity contribution in [2.75, 3.05) is 7.05 Å². The van der Waals surface area contributed by atoms with Gasteiger partial charge in [-0.2, -0.15) is 5.10 Å². The Morgan fingerprint density at radius 2 is 2.12 bits per heavy atom. The van der Waals surface area contributed by atoms with Gasteiger partial charge in [-0.05, 0) is 37.0 Å². The molecular formula is C18H23N3O3. The molecule has 0 radical (unpaired) electrons. The highest BCUT2D eigenvalue weighted by Gasteiger charge is 2.36. The summed E-state index contributed by atoms with van der Waals surface area (Å²) in [4.78, 5) is 25.8. The molecule has 24 heavy (non-hydrogen) atoms. The molecule has 2 heterocycles. The van der Waals surface area contributed by atoms with E-state index >= 15 is 0 Å². The summed E-state index contributed by atoms with van der Waals surface area (Å²) in [6.07, 6.45) is 1.96. The highest BCUT2D eigenvalue weighted by molar-refractivity contribution is 5.91. The molecule has 1 aliphatic carbocycles. The van der Waals surface area contributed by atoms with Gasteiger partial charge in [0.25, 0.3) is 11.5 Å². The zero-order valence-electron chi connectivity index (χ0n) is 14.4. The first-order chi connectivity index (χ1) is 11.5. The topological polar surface area (TPSA) is 68.3 Å².